The lowest BCUT2D eigenvalue weighted by Gasteiger charge is -2.08. The summed E-state index contributed by atoms with van der Waals surface area (Å²) >= 11 is 0. The summed E-state index contributed by atoms with van der Waals surface area (Å²) < 4.78 is 0. The number of nitrogens with one attached hydrogen (secondary N) is 1. The van der Waals surface area contributed by atoms with E-state index in [0.29, 0.717) is 6.42 Å². The average molecular weight is 250 g/mol. The lowest BCUT2D eigenvalue weighted by Crippen LogP contribution is -2.39. The van der Waals surface area contributed by atoms with Crippen molar-refractivity contribution in [3.8, 4) is 0 Å². The van der Waals surface area contributed by atoms with Crippen LogP contribution in [0.5, 0.6) is 0 Å². The van der Waals surface area contributed by atoms with Gasteiger partial charge in [0.25, 0.3) is 0 Å². The van der Waals surface area contributed by atoms with Crippen molar-refractivity contribution in [2.24, 2.45) is 5.73 Å². The first-order chi connectivity index (χ1) is 8.59. The summed E-state index contributed by atoms with van der Waals surface area (Å²) in [6, 6.07) is 9.88. The van der Waals surface area contributed by atoms with E-state index in [9.17, 15) is 9.59 Å². The zero-order valence-corrected chi connectivity index (χ0v) is 10.1. The van der Waals surface area contributed by atoms with Crippen LogP contribution >= 0.6 is 0 Å². The minimum absolute atomic E-state index is 0.125. The molecule has 2 amide bonds. The van der Waals surface area contributed by atoms with Gasteiger partial charge in [-0.3, -0.25) is 9.59 Å². The van der Waals surface area contributed by atoms with Gasteiger partial charge in [0.1, 0.15) is 6.10 Å². The molecule has 18 heavy (non-hydrogen) atoms. The van der Waals surface area contributed by atoms with Gasteiger partial charge in [-0.1, -0.05) is 30.3 Å². The van der Waals surface area contributed by atoms with E-state index in [1.807, 2.05) is 30.3 Å². The van der Waals surface area contributed by atoms with E-state index in [2.05, 4.69) is 5.32 Å². The number of hydrogen-bond acceptors (Lipinski definition) is 3. The van der Waals surface area contributed by atoms with E-state index in [1.165, 1.54) is 5.56 Å². The molecule has 0 fully saturated rings. The molecule has 0 spiro atoms. The predicted octanol–water partition coefficient (Wildman–Crippen LogP) is -0.0283. The first kappa shape index (κ1) is 14.2. The van der Waals surface area contributed by atoms with Crippen molar-refractivity contribution in [3.63, 3.8) is 0 Å². The number of primary amides is 1. The highest BCUT2D eigenvalue weighted by molar-refractivity contribution is 5.80. The third-order valence-electron chi connectivity index (χ3n) is 2.53. The maximum Gasteiger partial charge on any atom is 0.248 e. The van der Waals surface area contributed by atoms with Crippen LogP contribution in [0, 0.1) is 0 Å². The van der Waals surface area contributed by atoms with Crippen LogP contribution in [-0.4, -0.2) is 29.6 Å². The Balaban J connectivity index is 2.16. The predicted molar refractivity (Wildman–Crippen MR) is 67.6 cm³/mol. The number of amides is 2. The van der Waals surface area contributed by atoms with Crippen LogP contribution in [0.15, 0.2) is 30.3 Å². The molecule has 0 aliphatic rings. The van der Waals surface area contributed by atoms with Gasteiger partial charge in [0.2, 0.25) is 11.8 Å². The molecule has 0 saturated carbocycles. The largest absolute Gasteiger partial charge is 0.381 e. The van der Waals surface area contributed by atoms with Crippen molar-refractivity contribution in [2.45, 2.75) is 25.4 Å². The second-order valence-corrected chi connectivity index (χ2v) is 4.06. The highest BCUT2D eigenvalue weighted by atomic mass is 16.3. The smallest absolute Gasteiger partial charge is 0.248 e. The second-order valence-electron chi connectivity index (χ2n) is 4.06. The lowest BCUT2D eigenvalue weighted by molar-refractivity contribution is -0.127. The SMILES string of the molecule is NC(=O)C(O)CNC(=O)CCCc1ccccc1. The summed E-state index contributed by atoms with van der Waals surface area (Å²) in [6.45, 7) is -0.125. The van der Waals surface area contributed by atoms with Crippen molar-refractivity contribution in [1.82, 2.24) is 5.32 Å². The van der Waals surface area contributed by atoms with Gasteiger partial charge >= 0.3 is 0 Å². The van der Waals surface area contributed by atoms with Gasteiger partial charge in [-0.15, -0.1) is 0 Å². The highest BCUT2D eigenvalue weighted by Crippen LogP contribution is 2.04. The summed E-state index contributed by atoms with van der Waals surface area (Å²) in [5, 5.41) is 11.5. The topological polar surface area (TPSA) is 92.4 Å². The fourth-order valence-electron chi connectivity index (χ4n) is 1.50. The summed E-state index contributed by atoms with van der Waals surface area (Å²) in [7, 11) is 0. The van der Waals surface area contributed by atoms with Gasteiger partial charge in [0.15, 0.2) is 0 Å². The minimum atomic E-state index is -1.32. The molecule has 1 atom stereocenters. The number of rotatable bonds is 7. The fraction of sp³-hybridized carbons (Fsp3) is 0.385. The zero-order chi connectivity index (χ0) is 13.4. The van der Waals surface area contributed by atoms with Gasteiger partial charge in [-0.05, 0) is 18.4 Å². The van der Waals surface area contributed by atoms with E-state index < -0.39 is 12.0 Å². The number of carbonyl (C=O) groups is 2. The Bertz CT molecular complexity index is 392. The molecular weight excluding hydrogens is 232 g/mol. The second kappa shape index (κ2) is 7.45. The molecule has 0 aromatic heterocycles. The molecule has 1 unspecified atom stereocenters. The van der Waals surface area contributed by atoms with E-state index >= 15 is 0 Å². The van der Waals surface area contributed by atoms with E-state index in [1.54, 1.807) is 0 Å². The van der Waals surface area contributed by atoms with Crippen molar-refractivity contribution < 1.29 is 14.7 Å². The molecule has 98 valence electrons. The van der Waals surface area contributed by atoms with E-state index in [4.69, 9.17) is 10.8 Å². The van der Waals surface area contributed by atoms with Crippen LogP contribution in [0.3, 0.4) is 0 Å². The number of nitrogens with two attached hydrogens (primary N) is 1. The van der Waals surface area contributed by atoms with Gasteiger partial charge < -0.3 is 16.2 Å². The Morgan fingerprint density at radius 1 is 1.28 bits per heavy atom. The zero-order valence-electron chi connectivity index (χ0n) is 10.1. The van der Waals surface area contributed by atoms with E-state index in [0.717, 1.165) is 12.8 Å². The fourth-order valence-corrected chi connectivity index (χ4v) is 1.50. The van der Waals surface area contributed by atoms with Gasteiger partial charge in [0.05, 0.1) is 6.54 Å². The molecule has 0 bridgehead atoms. The first-order valence-corrected chi connectivity index (χ1v) is 5.87. The molecule has 1 aromatic rings. The van der Waals surface area contributed by atoms with Crippen LogP contribution in [-0.2, 0) is 16.0 Å². The maximum atomic E-state index is 11.4. The Morgan fingerprint density at radius 2 is 1.94 bits per heavy atom. The molecule has 5 nitrogen and oxygen atoms in total. The van der Waals surface area contributed by atoms with Crippen LogP contribution in [0.1, 0.15) is 18.4 Å². The Kier molecular flexibility index (Phi) is 5.87. The summed E-state index contributed by atoms with van der Waals surface area (Å²) in [5.41, 5.74) is 6.04. The molecule has 1 rings (SSSR count). The molecule has 0 aliphatic heterocycles. The van der Waals surface area contributed by atoms with E-state index in [-0.39, 0.29) is 12.5 Å². The van der Waals surface area contributed by atoms with Crippen LogP contribution in [0.4, 0.5) is 0 Å². The lowest BCUT2D eigenvalue weighted by atomic mass is 10.1. The van der Waals surface area contributed by atoms with Crippen molar-refractivity contribution >= 4 is 11.8 Å². The number of carbonyl (C=O) groups excluding carboxylic acids is 2. The van der Waals surface area contributed by atoms with Crippen molar-refractivity contribution in [2.75, 3.05) is 6.54 Å². The monoisotopic (exact) mass is 250 g/mol. The van der Waals surface area contributed by atoms with Crippen LogP contribution in [0.25, 0.3) is 0 Å². The van der Waals surface area contributed by atoms with Crippen molar-refractivity contribution in [3.05, 3.63) is 35.9 Å². The molecule has 5 heteroatoms. The van der Waals surface area contributed by atoms with Crippen LogP contribution in [0.2, 0.25) is 0 Å². The minimum Gasteiger partial charge on any atom is -0.381 e. The Labute approximate surface area is 106 Å². The van der Waals surface area contributed by atoms with Gasteiger partial charge in [-0.25, -0.2) is 0 Å². The summed E-state index contributed by atoms with van der Waals surface area (Å²) in [4.78, 5) is 21.9. The molecule has 1 aromatic carbocycles. The highest BCUT2D eigenvalue weighted by Gasteiger charge is 2.11. The quantitative estimate of drug-likeness (QED) is 0.634. The molecule has 0 aliphatic carbocycles. The standard InChI is InChI=1S/C13H18N2O3/c14-13(18)11(16)9-15-12(17)8-4-7-10-5-2-1-3-6-10/h1-3,5-6,11,16H,4,7-9H2,(H2,14,18)(H,15,17). The Morgan fingerprint density at radius 3 is 2.56 bits per heavy atom. The molecular formula is C13H18N2O3. The normalized spacial score (nSPS) is 11.8. The molecule has 0 heterocycles. The number of hydrogen-bond donors (Lipinski definition) is 3. The molecule has 0 saturated heterocycles. The summed E-state index contributed by atoms with van der Waals surface area (Å²) in [6.07, 6.45) is 0.596. The van der Waals surface area contributed by atoms with Crippen molar-refractivity contribution in [1.29, 1.82) is 0 Å². The number of aliphatic hydroxyl groups excluding tert-OH is 1. The molecule has 0 radical (unpaired) electrons. The number of aliphatic hydroxyl groups is 1. The maximum absolute atomic E-state index is 11.4. The third kappa shape index (κ3) is 5.45. The third-order valence-corrected chi connectivity index (χ3v) is 2.53. The summed E-state index contributed by atoms with van der Waals surface area (Å²) in [5.74, 6) is -1.02. The Hall–Kier alpha value is -1.88. The number of aryl methyl sites for hydroxylation is 1. The van der Waals surface area contributed by atoms with Crippen LogP contribution < -0.4 is 11.1 Å². The van der Waals surface area contributed by atoms with Gasteiger partial charge in [-0.2, -0.15) is 0 Å². The molecule has 4 N–H and O–H groups in total. The van der Waals surface area contributed by atoms with Gasteiger partial charge in [0, 0.05) is 6.42 Å². The number of benzene rings is 1. The first-order valence-electron chi connectivity index (χ1n) is 5.87. The average Bonchev–Trinajstić information content (AvgIpc) is 2.37.